The Kier molecular flexibility index (Phi) is 7.28. The average molecular weight is 408 g/mol. The summed E-state index contributed by atoms with van der Waals surface area (Å²) in [7, 11) is 0. The Balaban J connectivity index is 2.03. The molecule has 2 aromatic carbocycles. The third-order valence-corrected chi connectivity index (χ3v) is 4.74. The van der Waals surface area contributed by atoms with Crippen LogP contribution >= 0.6 is 23.2 Å². The Morgan fingerprint density at radius 2 is 1.70 bits per heavy atom. The number of nitrogens with one attached hydrogen (secondary N) is 1. The number of anilines is 1. The molecule has 2 aromatic rings. The van der Waals surface area contributed by atoms with Gasteiger partial charge in [0.15, 0.2) is 6.61 Å². The van der Waals surface area contributed by atoms with E-state index in [1.807, 2.05) is 33.8 Å². The van der Waals surface area contributed by atoms with E-state index in [1.54, 1.807) is 30.3 Å². The van der Waals surface area contributed by atoms with Crippen molar-refractivity contribution in [1.82, 2.24) is 0 Å². The molecular weight excluding hydrogens is 385 g/mol. The van der Waals surface area contributed by atoms with E-state index >= 15 is 0 Å². The van der Waals surface area contributed by atoms with Gasteiger partial charge in [0.1, 0.15) is 0 Å². The fourth-order valence-electron chi connectivity index (χ4n) is 2.94. The normalized spacial score (nSPS) is 12.0. The van der Waals surface area contributed by atoms with Gasteiger partial charge in [0.05, 0.1) is 16.6 Å². The van der Waals surface area contributed by atoms with E-state index in [0.29, 0.717) is 15.7 Å². The van der Waals surface area contributed by atoms with Gasteiger partial charge >= 0.3 is 5.97 Å². The van der Waals surface area contributed by atoms with Crippen LogP contribution in [0.15, 0.2) is 36.4 Å². The van der Waals surface area contributed by atoms with Crippen molar-refractivity contribution in [2.75, 3.05) is 11.9 Å². The van der Waals surface area contributed by atoms with Gasteiger partial charge in [-0.15, -0.1) is 0 Å². The predicted molar refractivity (Wildman–Crippen MR) is 110 cm³/mol. The molecule has 0 bridgehead atoms. The van der Waals surface area contributed by atoms with Gasteiger partial charge in [-0.1, -0.05) is 55.2 Å². The van der Waals surface area contributed by atoms with Crippen molar-refractivity contribution in [3.05, 3.63) is 63.1 Å². The highest BCUT2D eigenvalue weighted by molar-refractivity contribution is 6.34. The molecular formula is C21H23Cl2NO3. The molecule has 27 heavy (non-hydrogen) atoms. The third-order valence-electron chi connectivity index (χ3n) is 4.19. The minimum atomic E-state index is -0.472. The lowest BCUT2D eigenvalue weighted by molar-refractivity contribution is -0.149. The smallest absolute Gasteiger partial charge is 0.314 e. The number of aryl methyl sites for hydroxylation is 2. The number of esters is 1. The molecule has 0 spiro atoms. The molecule has 0 aliphatic carbocycles. The fourth-order valence-corrected chi connectivity index (χ4v) is 3.43. The monoisotopic (exact) mass is 407 g/mol. The second-order valence-corrected chi connectivity index (χ2v) is 7.71. The average Bonchev–Trinajstić information content (AvgIpc) is 2.58. The van der Waals surface area contributed by atoms with E-state index in [1.165, 1.54) is 0 Å². The van der Waals surface area contributed by atoms with Gasteiger partial charge in [-0.25, -0.2) is 0 Å². The first-order chi connectivity index (χ1) is 12.7. The molecule has 0 aromatic heterocycles. The van der Waals surface area contributed by atoms with Crippen LogP contribution in [-0.2, 0) is 14.3 Å². The van der Waals surface area contributed by atoms with E-state index in [-0.39, 0.29) is 12.5 Å². The van der Waals surface area contributed by atoms with Crippen molar-refractivity contribution >= 4 is 40.8 Å². The van der Waals surface area contributed by atoms with Crippen molar-refractivity contribution < 1.29 is 14.3 Å². The first kappa shape index (κ1) is 21.3. The van der Waals surface area contributed by atoms with Gasteiger partial charge in [-0.05, 0) is 54.7 Å². The Labute approximate surface area is 169 Å². The van der Waals surface area contributed by atoms with Crippen molar-refractivity contribution in [2.24, 2.45) is 5.92 Å². The van der Waals surface area contributed by atoms with Crippen LogP contribution in [0, 0.1) is 19.8 Å². The van der Waals surface area contributed by atoms with E-state index < -0.39 is 17.8 Å². The summed E-state index contributed by atoms with van der Waals surface area (Å²) in [6.07, 6.45) is 0. The van der Waals surface area contributed by atoms with Crippen LogP contribution in [0.3, 0.4) is 0 Å². The highest BCUT2D eigenvalue weighted by Gasteiger charge is 2.26. The van der Waals surface area contributed by atoms with Crippen molar-refractivity contribution in [3.63, 3.8) is 0 Å². The summed E-state index contributed by atoms with van der Waals surface area (Å²) in [5, 5.41) is 3.76. The second kappa shape index (κ2) is 9.25. The van der Waals surface area contributed by atoms with Crippen molar-refractivity contribution in [2.45, 2.75) is 33.6 Å². The van der Waals surface area contributed by atoms with Crippen LogP contribution in [0.4, 0.5) is 5.69 Å². The Morgan fingerprint density at radius 3 is 2.26 bits per heavy atom. The summed E-state index contributed by atoms with van der Waals surface area (Å²) < 4.78 is 5.26. The number of amides is 1. The zero-order valence-electron chi connectivity index (χ0n) is 15.8. The highest BCUT2D eigenvalue weighted by atomic mass is 35.5. The lowest BCUT2D eigenvalue weighted by Crippen LogP contribution is -2.26. The second-order valence-electron chi connectivity index (χ2n) is 6.87. The molecule has 6 heteroatoms. The first-order valence-electron chi connectivity index (χ1n) is 8.67. The molecule has 1 atom stereocenters. The van der Waals surface area contributed by atoms with Gasteiger partial charge in [-0.3, -0.25) is 9.59 Å². The number of carbonyl (C=O) groups excluding carboxylic acids is 2. The molecule has 0 saturated heterocycles. The maximum Gasteiger partial charge on any atom is 0.314 e. The number of rotatable bonds is 6. The van der Waals surface area contributed by atoms with Crippen LogP contribution in [0.2, 0.25) is 10.0 Å². The van der Waals surface area contributed by atoms with Crippen molar-refractivity contribution in [1.29, 1.82) is 0 Å². The predicted octanol–water partition coefficient (Wildman–Crippen LogP) is 5.53. The SMILES string of the molecule is Cc1cc(C)c(NC(=O)COC(=O)[C@@H](c2ccc(Cl)cc2)C(C)C)c(Cl)c1. The Morgan fingerprint density at radius 1 is 1.07 bits per heavy atom. The molecule has 0 fully saturated rings. The van der Waals surface area contributed by atoms with Gasteiger partial charge in [0.25, 0.3) is 5.91 Å². The number of carbonyl (C=O) groups is 2. The van der Waals surface area contributed by atoms with Gasteiger partial charge in [0.2, 0.25) is 0 Å². The van der Waals surface area contributed by atoms with E-state index in [9.17, 15) is 9.59 Å². The molecule has 1 N–H and O–H groups in total. The summed E-state index contributed by atoms with van der Waals surface area (Å²) >= 11 is 12.1. The third kappa shape index (κ3) is 5.72. The molecule has 1 amide bonds. The van der Waals surface area contributed by atoms with Gasteiger partial charge in [-0.2, -0.15) is 0 Å². The largest absolute Gasteiger partial charge is 0.455 e. The van der Waals surface area contributed by atoms with Crippen LogP contribution < -0.4 is 5.32 Å². The Bertz CT molecular complexity index is 809. The summed E-state index contributed by atoms with van der Waals surface area (Å²) in [4.78, 5) is 24.8. The minimum absolute atomic E-state index is 0.00974. The lowest BCUT2D eigenvalue weighted by atomic mass is 9.88. The quantitative estimate of drug-likeness (QED) is 0.640. The number of hydrogen-bond donors (Lipinski definition) is 1. The number of benzene rings is 2. The number of ether oxygens (including phenoxy) is 1. The molecule has 0 saturated carbocycles. The van der Waals surface area contributed by atoms with Crippen LogP contribution in [-0.4, -0.2) is 18.5 Å². The highest BCUT2D eigenvalue weighted by Crippen LogP contribution is 2.28. The first-order valence-corrected chi connectivity index (χ1v) is 9.43. The minimum Gasteiger partial charge on any atom is -0.455 e. The van der Waals surface area contributed by atoms with E-state index in [2.05, 4.69) is 5.32 Å². The molecule has 0 unspecified atom stereocenters. The maximum absolute atomic E-state index is 12.5. The zero-order valence-corrected chi connectivity index (χ0v) is 17.3. The van der Waals surface area contributed by atoms with Crippen LogP contribution in [0.25, 0.3) is 0 Å². The molecule has 0 radical (unpaired) electrons. The summed E-state index contributed by atoms with van der Waals surface area (Å²) in [5.74, 6) is -1.35. The maximum atomic E-state index is 12.5. The van der Waals surface area contributed by atoms with Crippen molar-refractivity contribution in [3.8, 4) is 0 Å². The lowest BCUT2D eigenvalue weighted by Gasteiger charge is -2.20. The van der Waals surface area contributed by atoms with E-state index in [4.69, 9.17) is 27.9 Å². The zero-order chi connectivity index (χ0) is 20.1. The standard InChI is InChI=1S/C21H23Cl2NO3/c1-12(2)19(15-5-7-16(22)8-6-15)21(26)27-11-18(25)24-20-14(4)9-13(3)10-17(20)23/h5-10,12,19H,11H2,1-4H3,(H,24,25)/t19-/m1/s1. The van der Waals surface area contributed by atoms with E-state index in [0.717, 1.165) is 16.7 Å². The summed E-state index contributed by atoms with van der Waals surface area (Å²) in [6, 6.07) is 10.7. The molecule has 0 heterocycles. The van der Waals surface area contributed by atoms with Crippen LogP contribution in [0.5, 0.6) is 0 Å². The summed E-state index contributed by atoms with van der Waals surface area (Å²) in [6.45, 7) is 7.26. The molecule has 144 valence electrons. The topological polar surface area (TPSA) is 55.4 Å². The molecule has 0 aliphatic rings. The summed E-state index contributed by atoms with van der Waals surface area (Å²) in [5.41, 5.74) is 3.18. The van der Waals surface area contributed by atoms with Crippen LogP contribution in [0.1, 0.15) is 36.5 Å². The molecule has 4 nitrogen and oxygen atoms in total. The van der Waals surface area contributed by atoms with Gasteiger partial charge < -0.3 is 10.1 Å². The van der Waals surface area contributed by atoms with Gasteiger partial charge in [0, 0.05) is 5.02 Å². The number of hydrogen-bond acceptors (Lipinski definition) is 3. The Hall–Kier alpha value is -2.04. The molecule has 0 aliphatic heterocycles. The number of halogens is 2. The fraction of sp³-hybridized carbons (Fsp3) is 0.333. The molecule has 2 rings (SSSR count).